The molecule has 0 bridgehead atoms. The van der Waals surface area contributed by atoms with E-state index in [1.165, 1.54) is 4.31 Å². The number of ether oxygens (including phenoxy) is 1. The van der Waals surface area contributed by atoms with Gasteiger partial charge in [-0.2, -0.15) is 4.31 Å². The van der Waals surface area contributed by atoms with Crippen LogP contribution in [0.4, 0.5) is 0 Å². The summed E-state index contributed by atoms with van der Waals surface area (Å²) >= 11 is 5.70. The van der Waals surface area contributed by atoms with Gasteiger partial charge in [-0.3, -0.25) is 0 Å². The van der Waals surface area contributed by atoms with Crippen LogP contribution >= 0.6 is 11.6 Å². The normalized spacial score (nSPS) is 21.5. The van der Waals surface area contributed by atoms with Gasteiger partial charge in [-0.05, 0) is 24.1 Å². The Labute approximate surface area is 119 Å². The van der Waals surface area contributed by atoms with E-state index in [1.54, 1.807) is 24.3 Å². The van der Waals surface area contributed by atoms with Gasteiger partial charge in [0.2, 0.25) is 10.0 Å². The van der Waals surface area contributed by atoms with Crippen molar-refractivity contribution < 1.29 is 13.2 Å². The number of sulfonamides is 1. The summed E-state index contributed by atoms with van der Waals surface area (Å²) in [6.45, 7) is 3.29. The van der Waals surface area contributed by atoms with Crippen molar-refractivity contribution in [3.05, 3.63) is 29.8 Å². The number of hydrogen-bond acceptors (Lipinski definition) is 3. The molecule has 0 saturated carbocycles. The second-order valence-electron chi connectivity index (χ2n) is 4.54. The van der Waals surface area contributed by atoms with Gasteiger partial charge in [0.05, 0.1) is 17.6 Å². The lowest BCUT2D eigenvalue weighted by Gasteiger charge is -2.31. The summed E-state index contributed by atoms with van der Waals surface area (Å²) in [5, 5.41) is 0. The number of hydrogen-bond donors (Lipinski definition) is 0. The number of benzene rings is 1. The Kier molecular flexibility index (Phi) is 4.84. The van der Waals surface area contributed by atoms with Gasteiger partial charge in [0.1, 0.15) is 0 Å². The first-order chi connectivity index (χ1) is 9.07. The number of halogens is 1. The highest BCUT2D eigenvalue weighted by atomic mass is 35.5. The predicted octanol–water partition coefficient (Wildman–Crippen LogP) is 2.22. The monoisotopic (exact) mass is 303 g/mol. The molecule has 1 unspecified atom stereocenters. The molecule has 19 heavy (non-hydrogen) atoms. The summed E-state index contributed by atoms with van der Waals surface area (Å²) in [5.74, 6) is 0.385. The Morgan fingerprint density at radius 2 is 2.05 bits per heavy atom. The molecule has 2 rings (SSSR count). The average molecular weight is 304 g/mol. The predicted molar refractivity (Wildman–Crippen MR) is 74.8 cm³/mol. The quantitative estimate of drug-likeness (QED) is 0.801. The van der Waals surface area contributed by atoms with Crippen molar-refractivity contribution in [3.8, 4) is 0 Å². The van der Waals surface area contributed by atoms with E-state index in [1.807, 2.05) is 6.92 Å². The average Bonchev–Trinajstić information content (AvgIpc) is 2.47. The number of nitrogens with zero attached hydrogens (tertiary/aromatic N) is 1. The molecule has 0 aliphatic carbocycles. The molecule has 0 radical (unpaired) electrons. The highest BCUT2D eigenvalue weighted by Crippen LogP contribution is 2.20. The standard InChI is InChI=1S/C13H18ClNO3S/c1-2-12-10-15(7-8-18-12)19(16,17)13-5-3-11(9-14)4-6-13/h3-6,12H,2,7-10H2,1H3. The lowest BCUT2D eigenvalue weighted by Crippen LogP contribution is -2.45. The summed E-state index contributed by atoms with van der Waals surface area (Å²) < 4.78 is 32.0. The van der Waals surface area contributed by atoms with Crippen molar-refractivity contribution in [2.45, 2.75) is 30.2 Å². The molecule has 1 aromatic rings. The van der Waals surface area contributed by atoms with E-state index in [0.717, 1.165) is 12.0 Å². The molecule has 1 heterocycles. The van der Waals surface area contributed by atoms with E-state index in [9.17, 15) is 8.42 Å². The van der Waals surface area contributed by atoms with Crippen molar-refractivity contribution in [1.82, 2.24) is 4.31 Å². The van der Waals surface area contributed by atoms with Gasteiger partial charge < -0.3 is 4.74 Å². The maximum absolute atomic E-state index is 12.5. The Bertz CT molecular complexity index is 515. The first-order valence-electron chi connectivity index (χ1n) is 6.34. The first kappa shape index (κ1) is 14.8. The third-order valence-corrected chi connectivity index (χ3v) is 5.46. The molecule has 1 fully saturated rings. The molecule has 0 spiro atoms. The molecule has 1 aliphatic rings. The third kappa shape index (κ3) is 3.28. The Morgan fingerprint density at radius 3 is 2.63 bits per heavy atom. The molecule has 1 aliphatic heterocycles. The highest BCUT2D eigenvalue weighted by molar-refractivity contribution is 7.89. The SMILES string of the molecule is CCC1CN(S(=O)(=O)c2ccc(CCl)cc2)CCO1. The molecule has 106 valence electrons. The third-order valence-electron chi connectivity index (χ3n) is 3.27. The summed E-state index contributed by atoms with van der Waals surface area (Å²) in [7, 11) is -3.42. The first-order valence-corrected chi connectivity index (χ1v) is 8.32. The van der Waals surface area contributed by atoms with Crippen molar-refractivity contribution in [2.75, 3.05) is 19.7 Å². The van der Waals surface area contributed by atoms with Gasteiger partial charge in [0, 0.05) is 19.0 Å². The van der Waals surface area contributed by atoms with Gasteiger partial charge in [-0.1, -0.05) is 19.1 Å². The fourth-order valence-electron chi connectivity index (χ4n) is 2.06. The van der Waals surface area contributed by atoms with Crippen LogP contribution in [-0.4, -0.2) is 38.5 Å². The molecule has 0 N–H and O–H groups in total. The fraction of sp³-hybridized carbons (Fsp3) is 0.538. The smallest absolute Gasteiger partial charge is 0.243 e. The Morgan fingerprint density at radius 1 is 1.37 bits per heavy atom. The summed E-state index contributed by atoms with van der Waals surface area (Å²) in [6.07, 6.45) is 0.808. The van der Waals surface area contributed by atoms with Crippen LogP contribution < -0.4 is 0 Å². The Balaban J connectivity index is 2.20. The molecule has 1 saturated heterocycles. The number of rotatable bonds is 4. The molecule has 6 heteroatoms. The van der Waals surface area contributed by atoms with Gasteiger partial charge in [-0.15, -0.1) is 11.6 Å². The van der Waals surface area contributed by atoms with Crippen LogP contribution in [0.15, 0.2) is 29.2 Å². The van der Waals surface area contributed by atoms with E-state index in [0.29, 0.717) is 30.5 Å². The van der Waals surface area contributed by atoms with Gasteiger partial charge in [0.15, 0.2) is 0 Å². The van der Waals surface area contributed by atoms with Crippen molar-refractivity contribution >= 4 is 21.6 Å². The van der Waals surface area contributed by atoms with Crippen LogP contribution in [0.2, 0.25) is 0 Å². The zero-order valence-electron chi connectivity index (χ0n) is 10.9. The van der Waals surface area contributed by atoms with Crippen LogP contribution in [0, 0.1) is 0 Å². The van der Waals surface area contributed by atoms with E-state index >= 15 is 0 Å². The molecule has 4 nitrogen and oxygen atoms in total. The van der Waals surface area contributed by atoms with Crippen molar-refractivity contribution in [2.24, 2.45) is 0 Å². The fourth-order valence-corrected chi connectivity index (χ4v) is 3.69. The zero-order chi connectivity index (χ0) is 13.9. The minimum absolute atomic E-state index is 0.00867. The molecular formula is C13H18ClNO3S. The van der Waals surface area contributed by atoms with E-state index < -0.39 is 10.0 Å². The summed E-state index contributed by atoms with van der Waals surface area (Å²) in [6, 6.07) is 6.72. The highest BCUT2D eigenvalue weighted by Gasteiger charge is 2.29. The van der Waals surface area contributed by atoms with Gasteiger partial charge in [-0.25, -0.2) is 8.42 Å². The molecular weight excluding hydrogens is 286 g/mol. The van der Waals surface area contributed by atoms with E-state index in [2.05, 4.69) is 0 Å². The van der Waals surface area contributed by atoms with Crippen LogP contribution in [0.5, 0.6) is 0 Å². The Hall–Kier alpha value is -0.620. The van der Waals surface area contributed by atoms with Crippen LogP contribution in [0.3, 0.4) is 0 Å². The van der Waals surface area contributed by atoms with Gasteiger partial charge >= 0.3 is 0 Å². The van der Waals surface area contributed by atoms with Crippen molar-refractivity contribution in [3.63, 3.8) is 0 Å². The zero-order valence-corrected chi connectivity index (χ0v) is 12.5. The molecule has 0 amide bonds. The second kappa shape index (κ2) is 6.22. The van der Waals surface area contributed by atoms with Crippen LogP contribution in [-0.2, 0) is 20.6 Å². The molecule has 0 aromatic heterocycles. The van der Waals surface area contributed by atoms with Crippen LogP contribution in [0.25, 0.3) is 0 Å². The topological polar surface area (TPSA) is 46.6 Å². The number of morpholine rings is 1. The maximum Gasteiger partial charge on any atom is 0.243 e. The lowest BCUT2D eigenvalue weighted by atomic mass is 10.2. The molecule has 1 aromatic carbocycles. The minimum Gasteiger partial charge on any atom is -0.375 e. The van der Waals surface area contributed by atoms with E-state index in [-0.39, 0.29) is 6.10 Å². The summed E-state index contributed by atoms with van der Waals surface area (Å²) in [5.41, 5.74) is 0.911. The van der Waals surface area contributed by atoms with Crippen LogP contribution in [0.1, 0.15) is 18.9 Å². The lowest BCUT2D eigenvalue weighted by molar-refractivity contribution is -0.00277. The van der Waals surface area contributed by atoms with E-state index in [4.69, 9.17) is 16.3 Å². The summed E-state index contributed by atoms with van der Waals surface area (Å²) in [4.78, 5) is 0.318. The minimum atomic E-state index is -3.42. The largest absolute Gasteiger partial charge is 0.375 e. The second-order valence-corrected chi connectivity index (χ2v) is 6.75. The van der Waals surface area contributed by atoms with Crippen molar-refractivity contribution in [1.29, 1.82) is 0 Å². The number of alkyl halides is 1. The van der Waals surface area contributed by atoms with Gasteiger partial charge in [0.25, 0.3) is 0 Å². The maximum atomic E-state index is 12.5. The molecule has 1 atom stereocenters.